The standard InChI is InChI=1S/C14H22ClNO/c1-2-3-10-16-11-4-5-12-17-14-8-6-13(15)7-9-14/h6-9,16H,2-5,10-12H2,1H3. The molecule has 0 amide bonds. The molecule has 0 heterocycles. The van der Waals surface area contributed by atoms with Gasteiger partial charge in [0.25, 0.3) is 0 Å². The van der Waals surface area contributed by atoms with Crippen LogP contribution in [-0.2, 0) is 0 Å². The highest BCUT2D eigenvalue weighted by atomic mass is 35.5. The summed E-state index contributed by atoms with van der Waals surface area (Å²) in [6.07, 6.45) is 4.77. The first-order chi connectivity index (χ1) is 8.33. The maximum absolute atomic E-state index is 5.79. The zero-order valence-electron chi connectivity index (χ0n) is 10.5. The summed E-state index contributed by atoms with van der Waals surface area (Å²) >= 11 is 5.79. The SMILES string of the molecule is CCCCNCCCCOc1ccc(Cl)cc1. The van der Waals surface area contributed by atoms with Crippen LogP contribution in [0.5, 0.6) is 5.75 Å². The lowest BCUT2D eigenvalue weighted by molar-refractivity contribution is 0.306. The van der Waals surface area contributed by atoms with E-state index in [1.165, 1.54) is 12.8 Å². The second-order valence-electron chi connectivity index (χ2n) is 4.11. The maximum Gasteiger partial charge on any atom is 0.119 e. The summed E-state index contributed by atoms with van der Waals surface area (Å²) in [5.74, 6) is 0.897. The molecule has 0 aliphatic heterocycles. The third-order valence-corrected chi connectivity index (χ3v) is 2.79. The Hall–Kier alpha value is -0.730. The van der Waals surface area contributed by atoms with Gasteiger partial charge in [-0.05, 0) is 56.6 Å². The van der Waals surface area contributed by atoms with E-state index in [0.29, 0.717) is 0 Å². The molecule has 1 aromatic carbocycles. The van der Waals surface area contributed by atoms with E-state index in [9.17, 15) is 0 Å². The van der Waals surface area contributed by atoms with E-state index in [-0.39, 0.29) is 0 Å². The van der Waals surface area contributed by atoms with Crippen molar-refractivity contribution in [3.05, 3.63) is 29.3 Å². The summed E-state index contributed by atoms with van der Waals surface area (Å²) in [5.41, 5.74) is 0. The lowest BCUT2D eigenvalue weighted by Gasteiger charge is -2.06. The fourth-order valence-electron chi connectivity index (χ4n) is 1.50. The Kier molecular flexibility index (Phi) is 7.85. The molecular formula is C14H22ClNO. The van der Waals surface area contributed by atoms with Crippen LogP contribution >= 0.6 is 11.6 Å². The molecule has 0 spiro atoms. The van der Waals surface area contributed by atoms with Crippen molar-refractivity contribution in [1.82, 2.24) is 5.32 Å². The largest absolute Gasteiger partial charge is 0.494 e. The molecule has 0 fully saturated rings. The first-order valence-corrected chi connectivity index (χ1v) is 6.80. The summed E-state index contributed by atoms with van der Waals surface area (Å²) in [4.78, 5) is 0. The molecule has 0 aliphatic carbocycles. The molecule has 0 atom stereocenters. The molecule has 0 radical (unpaired) electrons. The molecule has 1 rings (SSSR count). The molecule has 96 valence electrons. The first-order valence-electron chi connectivity index (χ1n) is 6.42. The van der Waals surface area contributed by atoms with Crippen LogP contribution in [0.2, 0.25) is 5.02 Å². The van der Waals surface area contributed by atoms with Crippen molar-refractivity contribution < 1.29 is 4.74 Å². The van der Waals surface area contributed by atoms with Crippen molar-refractivity contribution in [2.24, 2.45) is 0 Å². The van der Waals surface area contributed by atoms with Crippen LogP contribution in [-0.4, -0.2) is 19.7 Å². The van der Waals surface area contributed by atoms with Crippen LogP contribution in [0.25, 0.3) is 0 Å². The van der Waals surface area contributed by atoms with Crippen LogP contribution in [0.1, 0.15) is 32.6 Å². The van der Waals surface area contributed by atoms with Crippen molar-refractivity contribution in [1.29, 1.82) is 0 Å². The van der Waals surface area contributed by atoms with Crippen molar-refractivity contribution in [2.45, 2.75) is 32.6 Å². The molecule has 0 saturated heterocycles. The summed E-state index contributed by atoms with van der Waals surface area (Å²) in [6.45, 7) is 5.21. The van der Waals surface area contributed by atoms with Gasteiger partial charge in [-0.1, -0.05) is 24.9 Å². The molecule has 0 unspecified atom stereocenters. The van der Waals surface area contributed by atoms with Gasteiger partial charge in [-0.15, -0.1) is 0 Å². The number of ether oxygens (including phenoxy) is 1. The molecule has 0 aliphatic rings. The van der Waals surface area contributed by atoms with E-state index in [4.69, 9.17) is 16.3 Å². The van der Waals surface area contributed by atoms with Crippen molar-refractivity contribution in [2.75, 3.05) is 19.7 Å². The quantitative estimate of drug-likeness (QED) is 0.676. The van der Waals surface area contributed by atoms with Crippen molar-refractivity contribution in [3.63, 3.8) is 0 Å². The van der Waals surface area contributed by atoms with Crippen LogP contribution in [0, 0.1) is 0 Å². The molecule has 0 aromatic heterocycles. The second-order valence-corrected chi connectivity index (χ2v) is 4.55. The molecule has 1 aromatic rings. The molecule has 1 N–H and O–H groups in total. The van der Waals surface area contributed by atoms with Crippen LogP contribution in [0.15, 0.2) is 24.3 Å². The molecular weight excluding hydrogens is 234 g/mol. The lowest BCUT2D eigenvalue weighted by atomic mass is 10.3. The minimum absolute atomic E-state index is 0.748. The number of benzene rings is 1. The van der Waals surface area contributed by atoms with E-state index in [1.54, 1.807) is 0 Å². The van der Waals surface area contributed by atoms with Gasteiger partial charge in [0.15, 0.2) is 0 Å². The Morgan fingerprint density at radius 1 is 1.06 bits per heavy atom. The number of unbranched alkanes of at least 4 members (excludes halogenated alkanes) is 2. The summed E-state index contributed by atoms with van der Waals surface area (Å²) in [6, 6.07) is 7.51. The van der Waals surface area contributed by atoms with Gasteiger partial charge < -0.3 is 10.1 Å². The van der Waals surface area contributed by atoms with Crippen LogP contribution in [0.3, 0.4) is 0 Å². The average molecular weight is 256 g/mol. The zero-order valence-corrected chi connectivity index (χ0v) is 11.3. The van der Waals surface area contributed by atoms with E-state index in [0.717, 1.165) is 43.3 Å². The molecule has 0 saturated carbocycles. The van der Waals surface area contributed by atoms with Gasteiger partial charge in [0.05, 0.1) is 6.61 Å². The smallest absolute Gasteiger partial charge is 0.119 e. The highest BCUT2D eigenvalue weighted by Crippen LogP contribution is 2.15. The molecule has 17 heavy (non-hydrogen) atoms. The Balaban J connectivity index is 1.95. The van der Waals surface area contributed by atoms with Crippen LogP contribution < -0.4 is 10.1 Å². The lowest BCUT2D eigenvalue weighted by Crippen LogP contribution is -2.17. The third kappa shape index (κ3) is 7.24. The van der Waals surface area contributed by atoms with Gasteiger partial charge in [-0.3, -0.25) is 0 Å². The second kappa shape index (κ2) is 9.32. The third-order valence-electron chi connectivity index (χ3n) is 2.54. The number of halogens is 1. The Labute approximate surface area is 109 Å². The number of rotatable bonds is 9. The van der Waals surface area contributed by atoms with Gasteiger partial charge in [0.2, 0.25) is 0 Å². The Morgan fingerprint density at radius 2 is 1.76 bits per heavy atom. The van der Waals surface area contributed by atoms with Gasteiger partial charge in [0.1, 0.15) is 5.75 Å². The van der Waals surface area contributed by atoms with E-state index < -0.39 is 0 Å². The molecule has 3 heteroatoms. The highest BCUT2D eigenvalue weighted by Gasteiger charge is 1.94. The van der Waals surface area contributed by atoms with Crippen molar-refractivity contribution in [3.8, 4) is 5.75 Å². The zero-order chi connectivity index (χ0) is 12.3. The topological polar surface area (TPSA) is 21.3 Å². The van der Waals surface area contributed by atoms with E-state index in [1.807, 2.05) is 24.3 Å². The van der Waals surface area contributed by atoms with Crippen molar-refractivity contribution >= 4 is 11.6 Å². The van der Waals surface area contributed by atoms with Gasteiger partial charge in [0, 0.05) is 5.02 Å². The van der Waals surface area contributed by atoms with E-state index in [2.05, 4.69) is 12.2 Å². The maximum atomic E-state index is 5.79. The fraction of sp³-hybridized carbons (Fsp3) is 0.571. The van der Waals surface area contributed by atoms with Gasteiger partial charge in [-0.25, -0.2) is 0 Å². The first kappa shape index (κ1) is 14.3. The molecule has 0 bridgehead atoms. The Morgan fingerprint density at radius 3 is 2.47 bits per heavy atom. The predicted octanol–water partition coefficient (Wildman–Crippen LogP) is 3.89. The van der Waals surface area contributed by atoms with Crippen LogP contribution in [0.4, 0.5) is 0 Å². The number of nitrogens with one attached hydrogen (secondary N) is 1. The Bertz CT molecular complexity index is 287. The number of hydrogen-bond acceptors (Lipinski definition) is 2. The minimum atomic E-state index is 0.748. The minimum Gasteiger partial charge on any atom is -0.494 e. The number of hydrogen-bond donors (Lipinski definition) is 1. The summed E-state index contributed by atoms with van der Waals surface area (Å²) < 4.78 is 5.60. The van der Waals surface area contributed by atoms with Gasteiger partial charge in [-0.2, -0.15) is 0 Å². The highest BCUT2D eigenvalue weighted by molar-refractivity contribution is 6.30. The summed E-state index contributed by atoms with van der Waals surface area (Å²) in [7, 11) is 0. The van der Waals surface area contributed by atoms with E-state index >= 15 is 0 Å². The van der Waals surface area contributed by atoms with Gasteiger partial charge >= 0.3 is 0 Å². The average Bonchev–Trinajstić information content (AvgIpc) is 2.35. The fourth-order valence-corrected chi connectivity index (χ4v) is 1.63. The predicted molar refractivity (Wildman–Crippen MR) is 74.0 cm³/mol. The molecule has 2 nitrogen and oxygen atoms in total. The normalized spacial score (nSPS) is 10.5. The summed E-state index contributed by atoms with van der Waals surface area (Å²) in [5, 5.41) is 4.17. The monoisotopic (exact) mass is 255 g/mol.